The van der Waals surface area contributed by atoms with Gasteiger partial charge in [0.1, 0.15) is 5.75 Å². The van der Waals surface area contributed by atoms with Gasteiger partial charge in [-0.15, -0.1) is 0 Å². The SMILES string of the molecule is COc1ccccc1CNC(=O)CN1CC=C(c2ccccc2)CC1. The summed E-state index contributed by atoms with van der Waals surface area (Å²) in [5.74, 6) is 0.846. The van der Waals surface area contributed by atoms with E-state index in [1.807, 2.05) is 30.3 Å². The summed E-state index contributed by atoms with van der Waals surface area (Å²) < 4.78 is 5.31. The van der Waals surface area contributed by atoms with Crippen LogP contribution in [0.15, 0.2) is 60.7 Å². The predicted molar refractivity (Wildman–Crippen MR) is 100 cm³/mol. The van der Waals surface area contributed by atoms with Crippen molar-refractivity contribution in [2.45, 2.75) is 13.0 Å². The fourth-order valence-electron chi connectivity index (χ4n) is 3.07. The number of amides is 1. The van der Waals surface area contributed by atoms with Crippen molar-refractivity contribution < 1.29 is 9.53 Å². The molecule has 1 heterocycles. The zero-order chi connectivity index (χ0) is 17.5. The Hall–Kier alpha value is -2.59. The number of hydrogen-bond acceptors (Lipinski definition) is 3. The van der Waals surface area contributed by atoms with Gasteiger partial charge in [-0.1, -0.05) is 54.6 Å². The highest BCUT2D eigenvalue weighted by Crippen LogP contribution is 2.21. The molecule has 130 valence electrons. The summed E-state index contributed by atoms with van der Waals surface area (Å²) in [4.78, 5) is 14.4. The van der Waals surface area contributed by atoms with Gasteiger partial charge in [-0.25, -0.2) is 0 Å². The molecule has 1 aliphatic heterocycles. The molecule has 0 atom stereocenters. The molecule has 0 unspecified atom stereocenters. The van der Waals surface area contributed by atoms with Gasteiger partial charge in [0.25, 0.3) is 0 Å². The summed E-state index contributed by atoms with van der Waals surface area (Å²) in [6.45, 7) is 2.63. The van der Waals surface area contributed by atoms with Crippen molar-refractivity contribution in [3.63, 3.8) is 0 Å². The van der Waals surface area contributed by atoms with Gasteiger partial charge < -0.3 is 10.1 Å². The van der Waals surface area contributed by atoms with Crippen LogP contribution in [0.3, 0.4) is 0 Å². The van der Waals surface area contributed by atoms with Crippen molar-refractivity contribution in [2.75, 3.05) is 26.7 Å². The lowest BCUT2D eigenvalue weighted by Gasteiger charge is -2.26. The van der Waals surface area contributed by atoms with Crippen LogP contribution in [0.4, 0.5) is 0 Å². The van der Waals surface area contributed by atoms with Crippen molar-refractivity contribution in [1.82, 2.24) is 10.2 Å². The highest BCUT2D eigenvalue weighted by molar-refractivity contribution is 5.78. The molecule has 1 N–H and O–H groups in total. The first-order valence-corrected chi connectivity index (χ1v) is 8.61. The van der Waals surface area contributed by atoms with E-state index in [2.05, 4.69) is 40.6 Å². The maximum atomic E-state index is 12.2. The van der Waals surface area contributed by atoms with Crippen molar-refractivity contribution in [3.8, 4) is 5.75 Å². The molecule has 0 bridgehead atoms. The number of hydrogen-bond donors (Lipinski definition) is 1. The van der Waals surface area contributed by atoms with Gasteiger partial charge in [-0.2, -0.15) is 0 Å². The van der Waals surface area contributed by atoms with Gasteiger partial charge in [-0.05, 0) is 23.6 Å². The number of nitrogens with one attached hydrogen (secondary N) is 1. The molecule has 0 spiro atoms. The summed E-state index contributed by atoms with van der Waals surface area (Å²) >= 11 is 0. The van der Waals surface area contributed by atoms with Crippen LogP contribution in [-0.4, -0.2) is 37.6 Å². The van der Waals surface area contributed by atoms with Crippen LogP contribution >= 0.6 is 0 Å². The van der Waals surface area contributed by atoms with Crippen LogP contribution < -0.4 is 10.1 Å². The van der Waals surface area contributed by atoms with Gasteiger partial charge in [0, 0.05) is 25.2 Å². The van der Waals surface area contributed by atoms with E-state index in [1.165, 1.54) is 11.1 Å². The molecule has 2 aromatic carbocycles. The van der Waals surface area contributed by atoms with Crippen LogP contribution in [0, 0.1) is 0 Å². The van der Waals surface area contributed by atoms with E-state index >= 15 is 0 Å². The van der Waals surface area contributed by atoms with Gasteiger partial charge >= 0.3 is 0 Å². The van der Waals surface area contributed by atoms with Crippen LogP contribution in [0.2, 0.25) is 0 Å². The Balaban J connectivity index is 1.49. The number of rotatable bonds is 6. The van der Waals surface area contributed by atoms with Crippen LogP contribution in [-0.2, 0) is 11.3 Å². The Morgan fingerprint density at radius 3 is 2.60 bits per heavy atom. The van der Waals surface area contributed by atoms with E-state index in [0.717, 1.165) is 30.8 Å². The molecule has 0 aliphatic carbocycles. The van der Waals surface area contributed by atoms with Gasteiger partial charge in [0.05, 0.1) is 13.7 Å². The van der Waals surface area contributed by atoms with Crippen molar-refractivity contribution in [1.29, 1.82) is 0 Å². The van der Waals surface area contributed by atoms with E-state index < -0.39 is 0 Å². The lowest BCUT2D eigenvalue weighted by Crippen LogP contribution is -2.39. The van der Waals surface area contributed by atoms with E-state index in [-0.39, 0.29) is 5.91 Å². The molecule has 0 fully saturated rings. The van der Waals surface area contributed by atoms with Gasteiger partial charge in [0.15, 0.2) is 0 Å². The average Bonchev–Trinajstić information content (AvgIpc) is 2.68. The van der Waals surface area contributed by atoms with Gasteiger partial charge in [-0.3, -0.25) is 9.69 Å². The summed E-state index contributed by atoms with van der Waals surface area (Å²) in [5.41, 5.74) is 3.64. The third kappa shape index (κ3) is 4.70. The number of benzene rings is 2. The molecule has 1 aliphatic rings. The molecule has 4 nitrogen and oxygen atoms in total. The highest BCUT2D eigenvalue weighted by atomic mass is 16.5. The van der Waals surface area contributed by atoms with Crippen molar-refractivity contribution in [3.05, 3.63) is 71.8 Å². The molecular formula is C21H24N2O2. The van der Waals surface area contributed by atoms with Gasteiger partial charge in [0.2, 0.25) is 5.91 Å². The molecule has 1 amide bonds. The molecule has 3 rings (SSSR count). The summed E-state index contributed by atoms with van der Waals surface area (Å²) in [6.07, 6.45) is 3.20. The van der Waals surface area contributed by atoms with Crippen LogP contribution in [0.1, 0.15) is 17.5 Å². The minimum atomic E-state index is 0.0440. The number of ether oxygens (including phenoxy) is 1. The number of carbonyl (C=O) groups excluding carboxylic acids is 1. The zero-order valence-corrected chi connectivity index (χ0v) is 14.6. The Bertz CT molecular complexity index is 741. The second kappa shape index (κ2) is 8.49. The van der Waals surface area contributed by atoms with Crippen LogP contribution in [0.5, 0.6) is 5.75 Å². The lowest BCUT2D eigenvalue weighted by atomic mass is 10.00. The number of carbonyl (C=O) groups is 1. The highest BCUT2D eigenvalue weighted by Gasteiger charge is 2.15. The maximum absolute atomic E-state index is 12.2. The van der Waals surface area contributed by atoms with E-state index in [4.69, 9.17) is 4.74 Å². The first-order valence-electron chi connectivity index (χ1n) is 8.61. The monoisotopic (exact) mass is 336 g/mol. The Labute approximate surface area is 149 Å². The third-order valence-electron chi connectivity index (χ3n) is 4.47. The Morgan fingerprint density at radius 2 is 1.88 bits per heavy atom. The quantitative estimate of drug-likeness (QED) is 0.881. The molecule has 25 heavy (non-hydrogen) atoms. The number of para-hydroxylation sites is 1. The average molecular weight is 336 g/mol. The normalized spacial score (nSPS) is 14.7. The first kappa shape index (κ1) is 17.2. The molecular weight excluding hydrogens is 312 g/mol. The summed E-state index contributed by atoms with van der Waals surface area (Å²) in [7, 11) is 1.64. The topological polar surface area (TPSA) is 41.6 Å². The second-order valence-electron chi connectivity index (χ2n) is 6.17. The molecule has 0 radical (unpaired) electrons. The Morgan fingerprint density at radius 1 is 1.12 bits per heavy atom. The maximum Gasteiger partial charge on any atom is 0.234 e. The number of methoxy groups -OCH3 is 1. The van der Waals surface area contributed by atoms with Crippen molar-refractivity contribution >= 4 is 11.5 Å². The molecule has 0 aromatic heterocycles. The van der Waals surface area contributed by atoms with Crippen LogP contribution in [0.25, 0.3) is 5.57 Å². The van der Waals surface area contributed by atoms with E-state index in [0.29, 0.717) is 13.1 Å². The minimum Gasteiger partial charge on any atom is -0.496 e. The van der Waals surface area contributed by atoms with E-state index in [9.17, 15) is 4.79 Å². The number of nitrogens with zero attached hydrogens (tertiary/aromatic N) is 1. The predicted octanol–water partition coefficient (Wildman–Crippen LogP) is 3.10. The third-order valence-corrected chi connectivity index (χ3v) is 4.47. The zero-order valence-electron chi connectivity index (χ0n) is 14.6. The van der Waals surface area contributed by atoms with Crippen molar-refractivity contribution in [2.24, 2.45) is 0 Å². The fraction of sp³-hybridized carbons (Fsp3) is 0.286. The standard InChI is InChI=1S/C21H24N2O2/c1-25-20-10-6-5-9-19(20)15-22-21(24)16-23-13-11-18(12-14-23)17-7-3-2-4-8-17/h2-11H,12-16H2,1H3,(H,22,24). The smallest absolute Gasteiger partial charge is 0.234 e. The van der Waals surface area contributed by atoms with E-state index in [1.54, 1.807) is 7.11 Å². The largest absolute Gasteiger partial charge is 0.496 e. The summed E-state index contributed by atoms with van der Waals surface area (Å²) in [6, 6.07) is 18.2. The fourth-order valence-corrected chi connectivity index (χ4v) is 3.07. The molecule has 0 saturated carbocycles. The minimum absolute atomic E-state index is 0.0440. The second-order valence-corrected chi connectivity index (χ2v) is 6.17. The first-order chi connectivity index (χ1) is 12.3. The lowest BCUT2D eigenvalue weighted by molar-refractivity contribution is -0.122. The Kier molecular flexibility index (Phi) is 5.86. The molecule has 4 heteroatoms. The molecule has 0 saturated heterocycles. The molecule has 2 aromatic rings. The summed E-state index contributed by atoms with van der Waals surface area (Å²) in [5, 5.41) is 2.98.